The minimum atomic E-state index is -1.31. The summed E-state index contributed by atoms with van der Waals surface area (Å²) in [6.45, 7) is 6.08. The molecule has 2 atom stereocenters. The number of aromatic nitrogens is 1. The van der Waals surface area contributed by atoms with Gasteiger partial charge in [-0.15, -0.1) is 11.8 Å². The molecule has 11 nitrogen and oxygen atoms in total. The Morgan fingerprint density at radius 1 is 1.25 bits per heavy atom. The molecule has 1 fully saturated rings. The Balaban J connectivity index is 1.78. The first-order valence-electron chi connectivity index (χ1n) is 9.78. The Kier molecular flexibility index (Phi) is 6.63. The summed E-state index contributed by atoms with van der Waals surface area (Å²) in [6.07, 6.45) is 0. The maximum atomic E-state index is 12.8. The van der Waals surface area contributed by atoms with Crippen LogP contribution in [0.5, 0.6) is 0 Å². The van der Waals surface area contributed by atoms with Crippen molar-refractivity contribution in [3.05, 3.63) is 33.8 Å². The van der Waals surface area contributed by atoms with Gasteiger partial charge >= 0.3 is 17.9 Å². The number of aliphatic carboxylic acids is 1. The van der Waals surface area contributed by atoms with Crippen molar-refractivity contribution in [3.63, 3.8) is 0 Å². The number of carbonyl (C=O) groups excluding carboxylic acids is 4. The third kappa shape index (κ3) is 4.09. The summed E-state index contributed by atoms with van der Waals surface area (Å²) in [7, 11) is 0. The number of carbonyl (C=O) groups is 5. The standard InChI is InChI=1S/C20H23N3O8S/c1-5-30-20(29)12-8(2)13(21-9(12)3)16(25)22-14-17(26)23-15(19(27)28)11(6-31-10(4)24)7-32-18(14)23/h14,18,21H,5-7H2,1-4H3,(H,22,25)(H,27,28)/t14-,18-/m1/s1. The zero-order valence-corrected chi connectivity index (χ0v) is 18.8. The molecule has 0 unspecified atom stereocenters. The molecule has 0 aromatic carbocycles. The molecule has 2 aliphatic heterocycles. The largest absolute Gasteiger partial charge is 0.477 e. The number of fused-ring (bicyclic) bond motifs is 1. The molecule has 0 saturated carbocycles. The van der Waals surface area contributed by atoms with Gasteiger partial charge in [0.2, 0.25) is 0 Å². The first-order chi connectivity index (χ1) is 15.1. The molecule has 0 aliphatic carbocycles. The number of aromatic amines is 1. The van der Waals surface area contributed by atoms with Crippen LogP contribution in [-0.4, -0.2) is 75.1 Å². The number of carboxylic acid groups (broad SMARTS) is 1. The predicted octanol–water partition coefficient (Wildman–Crippen LogP) is 0.724. The van der Waals surface area contributed by atoms with Crippen LogP contribution >= 0.6 is 11.8 Å². The van der Waals surface area contributed by atoms with E-state index in [2.05, 4.69) is 10.3 Å². The van der Waals surface area contributed by atoms with Crippen LogP contribution in [0.2, 0.25) is 0 Å². The molecule has 0 spiro atoms. The molecule has 172 valence electrons. The molecule has 3 N–H and O–H groups in total. The summed E-state index contributed by atoms with van der Waals surface area (Å²) in [4.78, 5) is 64.5. The quantitative estimate of drug-likeness (QED) is 0.390. The van der Waals surface area contributed by atoms with Crippen LogP contribution in [-0.2, 0) is 23.9 Å². The number of ether oxygens (including phenoxy) is 2. The highest BCUT2D eigenvalue weighted by Gasteiger charge is 2.54. The number of rotatable bonds is 7. The molecule has 12 heteroatoms. The van der Waals surface area contributed by atoms with Gasteiger partial charge in [0.25, 0.3) is 11.8 Å². The van der Waals surface area contributed by atoms with E-state index in [1.165, 1.54) is 18.7 Å². The van der Waals surface area contributed by atoms with E-state index in [4.69, 9.17) is 9.47 Å². The normalized spacial score (nSPS) is 19.8. The smallest absolute Gasteiger partial charge is 0.352 e. The van der Waals surface area contributed by atoms with E-state index in [9.17, 15) is 29.1 Å². The van der Waals surface area contributed by atoms with Crippen LogP contribution in [0.1, 0.15) is 46.0 Å². The lowest BCUT2D eigenvalue weighted by molar-refractivity contribution is -0.149. The Hall–Kier alpha value is -3.28. The molecule has 0 bridgehead atoms. The zero-order valence-electron chi connectivity index (χ0n) is 17.9. The number of esters is 2. The van der Waals surface area contributed by atoms with Gasteiger partial charge in [-0.2, -0.15) is 0 Å². The molecule has 3 rings (SSSR count). The van der Waals surface area contributed by atoms with E-state index in [-0.39, 0.29) is 35.9 Å². The van der Waals surface area contributed by atoms with Crippen molar-refractivity contribution in [1.29, 1.82) is 0 Å². The van der Waals surface area contributed by atoms with Crippen LogP contribution in [0, 0.1) is 13.8 Å². The highest BCUT2D eigenvalue weighted by atomic mass is 32.2. The first kappa shape index (κ1) is 23.4. The van der Waals surface area contributed by atoms with Crippen LogP contribution in [0.3, 0.4) is 0 Å². The van der Waals surface area contributed by atoms with E-state index >= 15 is 0 Å². The number of carboxylic acids is 1. The topological polar surface area (TPSA) is 155 Å². The van der Waals surface area contributed by atoms with E-state index in [0.717, 1.165) is 4.90 Å². The van der Waals surface area contributed by atoms with Crippen molar-refractivity contribution in [2.75, 3.05) is 19.0 Å². The van der Waals surface area contributed by atoms with Crippen molar-refractivity contribution in [1.82, 2.24) is 15.2 Å². The van der Waals surface area contributed by atoms with Gasteiger partial charge in [0, 0.05) is 23.9 Å². The fourth-order valence-corrected chi connectivity index (χ4v) is 5.01. The number of β-lactam (4-membered cyclic amide) rings is 1. The van der Waals surface area contributed by atoms with Crippen molar-refractivity contribution in [2.45, 2.75) is 39.1 Å². The predicted molar refractivity (Wildman–Crippen MR) is 112 cm³/mol. The van der Waals surface area contributed by atoms with Gasteiger partial charge in [0.1, 0.15) is 29.4 Å². The van der Waals surface area contributed by atoms with E-state index in [1.54, 1.807) is 20.8 Å². The third-order valence-corrected chi connectivity index (χ3v) is 6.47. The summed E-state index contributed by atoms with van der Waals surface area (Å²) < 4.78 is 9.91. The number of hydrogen-bond donors (Lipinski definition) is 3. The average molecular weight is 465 g/mol. The Labute approximate surface area is 187 Å². The maximum absolute atomic E-state index is 12.8. The minimum Gasteiger partial charge on any atom is -0.477 e. The first-order valence-corrected chi connectivity index (χ1v) is 10.8. The second-order valence-electron chi connectivity index (χ2n) is 7.24. The Morgan fingerprint density at radius 3 is 2.53 bits per heavy atom. The number of nitrogens with one attached hydrogen (secondary N) is 2. The van der Waals surface area contributed by atoms with Crippen molar-refractivity contribution in [3.8, 4) is 0 Å². The van der Waals surface area contributed by atoms with Crippen molar-refractivity contribution in [2.24, 2.45) is 0 Å². The monoisotopic (exact) mass is 465 g/mol. The van der Waals surface area contributed by atoms with E-state index in [1.807, 2.05) is 0 Å². The fourth-order valence-electron chi connectivity index (χ4n) is 3.68. The Bertz CT molecular complexity index is 1040. The number of nitrogens with zero attached hydrogens (tertiary/aromatic N) is 1. The van der Waals surface area contributed by atoms with Gasteiger partial charge in [0.05, 0.1) is 12.2 Å². The fraction of sp³-hybridized carbons (Fsp3) is 0.450. The Morgan fingerprint density at radius 2 is 1.94 bits per heavy atom. The molecule has 2 aliphatic rings. The van der Waals surface area contributed by atoms with Gasteiger partial charge in [-0.1, -0.05) is 0 Å². The lowest BCUT2D eigenvalue weighted by atomic mass is 10.0. The summed E-state index contributed by atoms with van der Waals surface area (Å²) in [5.74, 6) is -3.38. The third-order valence-electron chi connectivity index (χ3n) is 5.13. The molecule has 0 radical (unpaired) electrons. The second kappa shape index (κ2) is 9.07. The summed E-state index contributed by atoms with van der Waals surface area (Å²) in [5, 5.41) is 11.6. The highest BCUT2D eigenvalue weighted by Crippen LogP contribution is 2.40. The second-order valence-corrected chi connectivity index (χ2v) is 8.35. The summed E-state index contributed by atoms with van der Waals surface area (Å²) >= 11 is 1.26. The minimum absolute atomic E-state index is 0.127. The van der Waals surface area contributed by atoms with Crippen LogP contribution in [0.25, 0.3) is 0 Å². The molecular formula is C20H23N3O8S. The van der Waals surface area contributed by atoms with E-state index in [0.29, 0.717) is 16.8 Å². The molecule has 1 saturated heterocycles. The van der Waals surface area contributed by atoms with Crippen molar-refractivity contribution < 1.29 is 38.6 Å². The molecule has 3 heterocycles. The summed E-state index contributed by atoms with van der Waals surface area (Å²) in [5.41, 5.74) is 1.32. The van der Waals surface area contributed by atoms with Gasteiger partial charge in [-0.25, -0.2) is 9.59 Å². The van der Waals surface area contributed by atoms with Crippen molar-refractivity contribution >= 4 is 41.5 Å². The molecule has 1 aromatic heterocycles. The average Bonchev–Trinajstić information content (AvgIpc) is 3.03. The van der Waals surface area contributed by atoms with Gasteiger partial charge in [-0.3, -0.25) is 19.3 Å². The number of amides is 2. The molecule has 1 aromatic rings. The maximum Gasteiger partial charge on any atom is 0.352 e. The number of aryl methyl sites for hydroxylation is 1. The molecule has 2 amide bonds. The van der Waals surface area contributed by atoms with Gasteiger partial charge in [0.15, 0.2) is 0 Å². The number of H-pyrrole nitrogens is 1. The molecular weight excluding hydrogens is 442 g/mol. The number of hydrogen-bond acceptors (Lipinski definition) is 8. The van der Waals surface area contributed by atoms with Crippen LogP contribution in [0.4, 0.5) is 0 Å². The lowest BCUT2D eigenvalue weighted by Gasteiger charge is -2.49. The SMILES string of the molecule is CCOC(=O)c1c(C)[nH]c(C(=O)N[C@@H]2C(=O)N3C(C(=O)O)=C(COC(C)=O)CS[C@H]23)c1C. The highest BCUT2D eigenvalue weighted by molar-refractivity contribution is 8.00. The van der Waals surface area contributed by atoms with Gasteiger partial charge < -0.3 is 24.9 Å². The molecule has 32 heavy (non-hydrogen) atoms. The summed E-state index contributed by atoms with van der Waals surface area (Å²) in [6, 6.07) is -0.939. The lowest BCUT2D eigenvalue weighted by Crippen LogP contribution is -2.70. The zero-order chi connectivity index (χ0) is 23.7. The van der Waals surface area contributed by atoms with Gasteiger partial charge in [-0.05, 0) is 26.3 Å². The van der Waals surface area contributed by atoms with Crippen LogP contribution in [0.15, 0.2) is 11.3 Å². The van der Waals surface area contributed by atoms with Crippen LogP contribution < -0.4 is 5.32 Å². The van der Waals surface area contributed by atoms with E-state index < -0.39 is 41.1 Å². The number of thioether (sulfide) groups is 1.